The number of fused-ring (bicyclic) bond motifs is 1. The minimum absolute atomic E-state index is 0.0203. The van der Waals surface area contributed by atoms with E-state index in [0.29, 0.717) is 12.2 Å². The zero-order chi connectivity index (χ0) is 18.6. The Bertz CT molecular complexity index is 889. The number of aromatic nitrogens is 1. The summed E-state index contributed by atoms with van der Waals surface area (Å²) < 4.78 is 16.1. The van der Waals surface area contributed by atoms with Crippen LogP contribution in [-0.2, 0) is 11.3 Å². The minimum Gasteiger partial charge on any atom is -0.454 e. The molecule has 7 heteroatoms. The number of benzene rings is 1. The summed E-state index contributed by atoms with van der Waals surface area (Å²) in [6.07, 6.45) is 1.63. The van der Waals surface area contributed by atoms with Crippen LogP contribution in [0.3, 0.4) is 0 Å². The molecule has 1 aromatic carbocycles. The fraction of sp³-hybridized carbons (Fsp3) is 0.500. The van der Waals surface area contributed by atoms with E-state index in [-0.39, 0.29) is 18.1 Å². The largest absolute Gasteiger partial charge is 0.454 e. The third-order valence-electron chi connectivity index (χ3n) is 6.07. The van der Waals surface area contributed by atoms with Crippen LogP contribution >= 0.6 is 0 Å². The van der Waals surface area contributed by atoms with Crippen LogP contribution in [0.4, 0.5) is 5.69 Å². The molecule has 27 heavy (non-hydrogen) atoms. The molecule has 2 saturated heterocycles. The summed E-state index contributed by atoms with van der Waals surface area (Å²) in [6.45, 7) is 7.69. The molecule has 0 N–H and O–H groups in total. The van der Waals surface area contributed by atoms with Crippen molar-refractivity contribution in [1.29, 1.82) is 0 Å². The van der Waals surface area contributed by atoms with Gasteiger partial charge >= 0.3 is 0 Å². The average molecular weight is 369 g/mol. The first kappa shape index (κ1) is 16.6. The standard InChI is InChI=1S/C20H23N3O4/c1-13-16(14(2)27-21-13)9-22-6-5-20(10-22)8-19(24)23(11-20)15-3-4-17-18(7-15)26-12-25-17/h3-4,7H,5-6,8-12H2,1-2H3/t20-/m1/s1. The zero-order valence-electron chi connectivity index (χ0n) is 15.7. The summed E-state index contributed by atoms with van der Waals surface area (Å²) in [5.74, 6) is 2.53. The summed E-state index contributed by atoms with van der Waals surface area (Å²) in [6, 6.07) is 5.74. The summed E-state index contributed by atoms with van der Waals surface area (Å²) in [5, 5.41) is 4.05. The van der Waals surface area contributed by atoms with Gasteiger partial charge in [0.15, 0.2) is 11.5 Å². The number of hydrogen-bond acceptors (Lipinski definition) is 6. The van der Waals surface area contributed by atoms with Crippen molar-refractivity contribution in [3.05, 3.63) is 35.2 Å². The van der Waals surface area contributed by atoms with Crippen LogP contribution in [0.25, 0.3) is 0 Å². The number of rotatable bonds is 3. The molecule has 2 fully saturated rings. The molecule has 4 heterocycles. The maximum absolute atomic E-state index is 12.8. The maximum Gasteiger partial charge on any atom is 0.231 e. The fourth-order valence-electron chi connectivity index (χ4n) is 4.57. The molecule has 0 radical (unpaired) electrons. The molecule has 0 unspecified atom stereocenters. The molecule has 3 aliphatic rings. The highest BCUT2D eigenvalue weighted by atomic mass is 16.7. The van der Waals surface area contributed by atoms with E-state index in [4.69, 9.17) is 14.0 Å². The molecule has 0 saturated carbocycles. The number of likely N-dealkylation sites (tertiary alicyclic amines) is 1. The molecule has 2 aromatic rings. The Kier molecular flexibility index (Phi) is 3.69. The highest BCUT2D eigenvalue weighted by Gasteiger charge is 2.48. The monoisotopic (exact) mass is 369 g/mol. The first-order valence-corrected chi connectivity index (χ1v) is 9.37. The lowest BCUT2D eigenvalue weighted by Crippen LogP contribution is -2.31. The van der Waals surface area contributed by atoms with E-state index < -0.39 is 0 Å². The molecule has 7 nitrogen and oxygen atoms in total. The Labute approximate surface area is 157 Å². The van der Waals surface area contributed by atoms with Gasteiger partial charge in [-0.05, 0) is 38.9 Å². The third kappa shape index (κ3) is 2.77. The van der Waals surface area contributed by atoms with E-state index in [1.165, 1.54) is 5.56 Å². The lowest BCUT2D eigenvalue weighted by Gasteiger charge is -2.24. The maximum atomic E-state index is 12.8. The first-order chi connectivity index (χ1) is 13.0. The predicted octanol–water partition coefficient (Wildman–Crippen LogP) is 2.65. The molecule has 142 valence electrons. The Morgan fingerprint density at radius 2 is 2.04 bits per heavy atom. The van der Waals surface area contributed by atoms with E-state index in [1.807, 2.05) is 36.9 Å². The van der Waals surface area contributed by atoms with Crippen molar-refractivity contribution in [2.24, 2.45) is 5.41 Å². The van der Waals surface area contributed by atoms with E-state index in [1.54, 1.807) is 0 Å². The fourth-order valence-corrected chi connectivity index (χ4v) is 4.57. The minimum atomic E-state index is 0.0203. The van der Waals surface area contributed by atoms with Gasteiger partial charge in [-0.25, -0.2) is 0 Å². The molecule has 1 amide bonds. The van der Waals surface area contributed by atoms with Gasteiger partial charge in [0.25, 0.3) is 0 Å². The highest BCUT2D eigenvalue weighted by Crippen LogP contribution is 2.44. The lowest BCUT2D eigenvalue weighted by atomic mass is 9.86. The van der Waals surface area contributed by atoms with E-state index in [2.05, 4.69) is 10.1 Å². The van der Waals surface area contributed by atoms with E-state index in [9.17, 15) is 4.79 Å². The van der Waals surface area contributed by atoms with Gasteiger partial charge in [-0.2, -0.15) is 0 Å². The topological polar surface area (TPSA) is 68.0 Å². The van der Waals surface area contributed by atoms with Gasteiger partial charge in [0.1, 0.15) is 5.76 Å². The van der Waals surface area contributed by atoms with Crippen molar-refractivity contribution in [1.82, 2.24) is 10.1 Å². The number of aryl methyl sites for hydroxylation is 2. The van der Waals surface area contributed by atoms with Gasteiger partial charge in [-0.3, -0.25) is 9.69 Å². The number of hydrogen-bond donors (Lipinski definition) is 0. The van der Waals surface area contributed by atoms with E-state index >= 15 is 0 Å². The lowest BCUT2D eigenvalue weighted by molar-refractivity contribution is -0.117. The Hall–Kier alpha value is -2.54. The van der Waals surface area contributed by atoms with Crippen LogP contribution < -0.4 is 14.4 Å². The number of amides is 1. The Morgan fingerprint density at radius 3 is 2.85 bits per heavy atom. The molecule has 3 aliphatic heterocycles. The second-order valence-corrected chi connectivity index (χ2v) is 7.96. The van der Waals surface area contributed by atoms with Crippen molar-refractivity contribution >= 4 is 11.6 Å². The van der Waals surface area contributed by atoms with Crippen LogP contribution in [-0.4, -0.2) is 42.4 Å². The molecule has 5 rings (SSSR count). The molecule has 0 aliphatic carbocycles. The highest BCUT2D eigenvalue weighted by molar-refractivity contribution is 5.96. The normalized spacial score (nSPS) is 24.5. The van der Waals surface area contributed by atoms with Crippen molar-refractivity contribution < 1.29 is 18.8 Å². The number of ether oxygens (including phenoxy) is 2. The number of carbonyl (C=O) groups excluding carboxylic acids is 1. The molecular weight excluding hydrogens is 346 g/mol. The average Bonchev–Trinajstić information content (AvgIpc) is 3.40. The number of nitrogens with zero attached hydrogens (tertiary/aromatic N) is 3. The zero-order valence-corrected chi connectivity index (χ0v) is 15.7. The second kappa shape index (κ2) is 5.99. The Balaban J connectivity index is 1.31. The van der Waals surface area contributed by atoms with Crippen LogP contribution in [0.1, 0.15) is 29.9 Å². The summed E-state index contributed by atoms with van der Waals surface area (Å²) in [7, 11) is 0. The molecule has 1 spiro atoms. The van der Waals surface area contributed by atoms with Crippen molar-refractivity contribution in [2.75, 3.05) is 31.3 Å². The summed E-state index contributed by atoms with van der Waals surface area (Å²) in [5.41, 5.74) is 3.04. The Morgan fingerprint density at radius 1 is 1.19 bits per heavy atom. The SMILES string of the molecule is Cc1noc(C)c1CN1CC[C@@]2(CC(=O)N(c3ccc4c(c3)OCO4)C2)C1. The van der Waals surface area contributed by atoms with Gasteiger partial charge in [-0.15, -0.1) is 0 Å². The molecule has 1 atom stereocenters. The van der Waals surface area contributed by atoms with Crippen molar-refractivity contribution in [2.45, 2.75) is 33.2 Å². The van der Waals surface area contributed by atoms with Crippen LogP contribution in [0, 0.1) is 19.3 Å². The van der Waals surface area contributed by atoms with E-state index in [0.717, 1.165) is 55.5 Å². The summed E-state index contributed by atoms with van der Waals surface area (Å²) in [4.78, 5) is 17.1. The van der Waals surface area contributed by atoms with Crippen LogP contribution in [0.5, 0.6) is 11.5 Å². The smallest absolute Gasteiger partial charge is 0.231 e. The third-order valence-corrected chi connectivity index (χ3v) is 6.07. The van der Waals surface area contributed by atoms with Crippen molar-refractivity contribution in [3.63, 3.8) is 0 Å². The number of carbonyl (C=O) groups is 1. The van der Waals surface area contributed by atoms with Gasteiger partial charge in [0.2, 0.25) is 12.7 Å². The van der Waals surface area contributed by atoms with Crippen LogP contribution in [0.15, 0.2) is 22.7 Å². The molecule has 0 bridgehead atoms. The van der Waals surface area contributed by atoms with Gasteiger partial charge in [0, 0.05) is 48.8 Å². The quantitative estimate of drug-likeness (QED) is 0.829. The van der Waals surface area contributed by atoms with Crippen molar-refractivity contribution in [3.8, 4) is 11.5 Å². The molecule has 1 aromatic heterocycles. The van der Waals surface area contributed by atoms with Gasteiger partial charge in [-0.1, -0.05) is 5.16 Å². The predicted molar refractivity (Wildman–Crippen MR) is 97.8 cm³/mol. The van der Waals surface area contributed by atoms with Gasteiger partial charge in [0.05, 0.1) is 5.69 Å². The number of anilines is 1. The van der Waals surface area contributed by atoms with Gasteiger partial charge < -0.3 is 18.9 Å². The first-order valence-electron chi connectivity index (χ1n) is 9.37. The molecular formula is C20H23N3O4. The summed E-state index contributed by atoms with van der Waals surface area (Å²) >= 11 is 0. The second-order valence-electron chi connectivity index (χ2n) is 7.96. The van der Waals surface area contributed by atoms with Crippen LogP contribution in [0.2, 0.25) is 0 Å².